The van der Waals surface area contributed by atoms with Gasteiger partial charge in [0.05, 0.1) is 5.39 Å². The van der Waals surface area contributed by atoms with Gasteiger partial charge < -0.3 is 4.42 Å². The fourth-order valence-corrected chi connectivity index (χ4v) is 3.23. The lowest BCUT2D eigenvalue weighted by atomic mass is 9.97. The quantitative estimate of drug-likeness (QED) is 0.664. The van der Waals surface area contributed by atoms with Gasteiger partial charge in [0.25, 0.3) is 5.56 Å². The summed E-state index contributed by atoms with van der Waals surface area (Å²) in [6.45, 7) is 0. The summed E-state index contributed by atoms with van der Waals surface area (Å²) in [6, 6.07) is 0. The van der Waals surface area contributed by atoms with Crippen LogP contribution in [-0.4, -0.2) is 4.98 Å². The van der Waals surface area contributed by atoms with Crippen molar-refractivity contribution in [2.75, 3.05) is 0 Å². The van der Waals surface area contributed by atoms with Crippen molar-refractivity contribution in [3.63, 3.8) is 0 Å². The molecular formula is C10H9NO2S. The third-order valence-electron chi connectivity index (χ3n) is 2.68. The summed E-state index contributed by atoms with van der Waals surface area (Å²) in [5.74, 6) is 0. The van der Waals surface area contributed by atoms with Gasteiger partial charge in [-0.25, -0.2) is 0 Å². The molecule has 0 aliphatic heterocycles. The molecular weight excluding hydrogens is 198 g/mol. The molecule has 1 aliphatic carbocycles. The molecule has 0 radical (unpaired) electrons. The van der Waals surface area contributed by atoms with Gasteiger partial charge in [0.2, 0.25) is 0 Å². The lowest BCUT2D eigenvalue weighted by Gasteiger charge is -2.08. The van der Waals surface area contributed by atoms with Crippen LogP contribution in [0.15, 0.2) is 15.6 Å². The topological polar surface area (TPSA) is 43.1 Å². The Balaban J connectivity index is 2.44. The van der Waals surface area contributed by atoms with Crippen LogP contribution in [0, 0.1) is 0 Å². The van der Waals surface area contributed by atoms with Crippen LogP contribution in [0.3, 0.4) is 0 Å². The molecule has 0 N–H and O–H groups in total. The molecule has 2 heterocycles. The van der Waals surface area contributed by atoms with Crippen LogP contribution in [0.25, 0.3) is 10.3 Å². The van der Waals surface area contributed by atoms with Crippen molar-refractivity contribution in [2.24, 2.45) is 0 Å². The summed E-state index contributed by atoms with van der Waals surface area (Å²) in [5, 5.41) is 0.729. The average molecular weight is 207 g/mol. The minimum atomic E-state index is -0.134. The minimum absolute atomic E-state index is 0.134. The molecule has 0 amide bonds. The van der Waals surface area contributed by atoms with Crippen molar-refractivity contribution >= 4 is 21.6 Å². The maximum Gasteiger partial charge on any atom is 0.284 e. The minimum Gasteiger partial charge on any atom is -0.434 e. The van der Waals surface area contributed by atoms with Crippen molar-refractivity contribution in [1.29, 1.82) is 0 Å². The van der Waals surface area contributed by atoms with Gasteiger partial charge in [0.15, 0.2) is 11.3 Å². The molecule has 3 nitrogen and oxygen atoms in total. The predicted octanol–water partition coefficient (Wildman–Crippen LogP) is 2.13. The first-order valence-corrected chi connectivity index (χ1v) is 5.56. The first-order chi connectivity index (χ1) is 6.86. The van der Waals surface area contributed by atoms with Crippen LogP contribution < -0.4 is 5.56 Å². The summed E-state index contributed by atoms with van der Waals surface area (Å²) in [5.41, 5.74) is 1.06. The number of fused-ring (bicyclic) bond motifs is 3. The third-order valence-corrected chi connectivity index (χ3v) is 3.87. The summed E-state index contributed by atoms with van der Waals surface area (Å²) in [7, 11) is 0. The van der Waals surface area contributed by atoms with E-state index in [1.54, 1.807) is 11.3 Å². The molecule has 0 bridgehead atoms. The summed E-state index contributed by atoms with van der Waals surface area (Å²) < 4.78 is 5.25. The van der Waals surface area contributed by atoms with E-state index in [1.165, 1.54) is 29.7 Å². The second-order valence-corrected chi connectivity index (χ2v) is 4.60. The highest BCUT2D eigenvalue weighted by molar-refractivity contribution is 7.18. The Morgan fingerprint density at radius 1 is 1.36 bits per heavy atom. The van der Waals surface area contributed by atoms with Gasteiger partial charge in [-0.15, -0.1) is 11.3 Å². The van der Waals surface area contributed by atoms with Crippen LogP contribution >= 0.6 is 11.3 Å². The van der Waals surface area contributed by atoms with Gasteiger partial charge in [-0.3, -0.25) is 4.79 Å². The molecule has 4 heteroatoms. The normalized spacial score (nSPS) is 15.7. The molecule has 2 aromatic heterocycles. The van der Waals surface area contributed by atoms with Crippen molar-refractivity contribution < 1.29 is 4.42 Å². The van der Waals surface area contributed by atoms with E-state index in [4.69, 9.17) is 4.42 Å². The fraction of sp³-hybridized carbons (Fsp3) is 0.400. The number of aryl methyl sites for hydroxylation is 2. The number of hydrogen-bond acceptors (Lipinski definition) is 4. The molecule has 1 aliphatic rings. The summed E-state index contributed by atoms with van der Waals surface area (Å²) in [6.07, 6.45) is 5.73. The molecule has 72 valence electrons. The van der Waals surface area contributed by atoms with Crippen molar-refractivity contribution in [3.05, 3.63) is 27.2 Å². The Kier molecular flexibility index (Phi) is 1.70. The second-order valence-electron chi connectivity index (χ2n) is 3.53. The molecule has 3 rings (SSSR count). The molecule has 0 saturated heterocycles. The van der Waals surface area contributed by atoms with Gasteiger partial charge >= 0.3 is 0 Å². The van der Waals surface area contributed by atoms with Gasteiger partial charge in [-0.1, -0.05) is 0 Å². The molecule has 0 saturated carbocycles. The van der Waals surface area contributed by atoms with Gasteiger partial charge in [0.1, 0.15) is 0 Å². The smallest absolute Gasteiger partial charge is 0.284 e. The molecule has 2 aromatic rings. The van der Waals surface area contributed by atoms with E-state index < -0.39 is 0 Å². The van der Waals surface area contributed by atoms with E-state index in [2.05, 4.69) is 4.98 Å². The number of hydrogen-bond donors (Lipinski definition) is 0. The van der Waals surface area contributed by atoms with Crippen LogP contribution in [-0.2, 0) is 12.8 Å². The Hall–Kier alpha value is -1.16. The Bertz CT molecular complexity index is 541. The third kappa shape index (κ3) is 1.04. The highest BCUT2D eigenvalue weighted by Crippen LogP contribution is 2.33. The zero-order valence-electron chi connectivity index (χ0n) is 7.58. The van der Waals surface area contributed by atoms with Crippen molar-refractivity contribution in [2.45, 2.75) is 25.7 Å². The van der Waals surface area contributed by atoms with Crippen LogP contribution in [0.5, 0.6) is 0 Å². The lowest BCUT2D eigenvalue weighted by molar-refractivity contribution is 0.583. The zero-order chi connectivity index (χ0) is 9.54. The first-order valence-electron chi connectivity index (χ1n) is 4.74. The van der Waals surface area contributed by atoms with Crippen molar-refractivity contribution in [1.82, 2.24) is 4.98 Å². The van der Waals surface area contributed by atoms with Crippen LogP contribution in [0.1, 0.15) is 23.3 Å². The number of thiophene rings is 1. The maximum absolute atomic E-state index is 11.5. The largest absolute Gasteiger partial charge is 0.434 e. The average Bonchev–Trinajstić information content (AvgIpc) is 2.57. The Morgan fingerprint density at radius 2 is 2.21 bits per heavy atom. The zero-order valence-corrected chi connectivity index (χ0v) is 8.39. The molecule has 0 unspecified atom stereocenters. The Labute approximate surface area is 84.4 Å². The standard InChI is InChI=1S/C10H9NO2S/c12-9-8-6-3-1-2-4-7(6)14-10(8)13-5-11-9/h5H,1-4H2. The van der Waals surface area contributed by atoms with Crippen LogP contribution in [0.4, 0.5) is 0 Å². The molecule has 0 aromatic carbocycles. The molecule has 0 fully saturated rings. The van der Waals surface area contributed by atoms with E-state index in [-0.39, 0.29) is 5.56 Å². The summed E-state index contributed by atoms with van der Waals surface area (Å²) >= 11 is 1.61. The second kappa shape index (κ2) is 2.92. The van der Waals surface area contributed by atoms with Gasteiger partial charge in [-0.2, -0.15) is 4.98 Å². The van der Waals surface area contributed by atoms with Crippen LogP contribution in [0.2, 0.25) is 0 Å². The Morgan fingerprint density at radius 3 is 3.14 bits per heavy atom. The van der Waals surface area contributed by atoms with E-state index in [9.17, 15) is 4.79 Å². The molecule has 0 atom stereocenters. The van der Waals surface area contributed by atoms with E-state index >= 15 is 0 Å². The van der Waals surface area contributed by atoms with Gasteiger partial charge in [-0.05, 0) is 31.2 Å². The maximum atomic E-state index is 11.5. The van der Waals surface area contributed by atoms with Crippen molar-refractivity contribution in [3.8, 4) is 0 Å². The number of rotatable bonds is 0. The van der Waals surface area contributed by atoms with E-state index in [1.807, 2.05) is 0 Å². The lowest BCUT2D eigenvalue weighted by Crippen LogP contribution is -2.07. The van der Waals surface area contributed by atoms with E-state index in [0.717, 1.165) is 23.1 Å². The number of nitrogens with zero attached hydrogens (tertiary/aromatic N) is 1. The molecule has 14 heavy (non-hydrogen) atoms. The monoisotopic (exact) mass is 207 g/mol. The predicted molar refractivity (Wildman–Crippen MR) is 54.8 cm³/mol. The highest BCUT2D eigenvalue weighted by atomic mass is 32.1. The first kappa shape index (κ1) is 8.17. The molecule has 0 spiro atoms. The summed E-state index contributed by atoms with van der Waals surface area (Å²) in [4.78, 5) is 17.3. The highest BCUT2D eigenvalue weighted by Gasteiger charge is 2.19. The fourth-order valence-electron chi connectivity index (χ4n) is 2.03. The number of aromatic nitrogens is 1. The van der Waals surface area contributed by atoms with E-state index in [0.29, 0.717) is 0 Å². The SMILES string of the molecule is O=c1ncoc2sc3c(c12)CCCC3. The van der Waals surface area contributed by atoms with Gasteiger partial charge in [0, 0.05) is 4.88 Å².